The molecule has 6 nitrogen and oxygen atoms in total. The number of aromatic hydroxyl groups is 3. The van der Waals surface area contributed by atoms with Gasteiger partial charge in [0, 0.05) is 5.56 Å². The van der Waals surface area contributed by atoms with Crippen LogP contribution in [0.1, 0.15) is 5.56 Å². The predicted molar refractivity (Wildman–Crippen MR) is 126 cm³/mol. The first-order chi connectivity index (χ1) is 16.4. The molecule has 0 aliphatic heterocycles. The molecule has 0 heterocycles. The molecule has 4 aromatic carbocycles. The van der Waals surface area contributed by atoms with E-state index in [0.717, 1.165) is 11.6 Å². The first kappa shape index (κ1) is 22.8. The molecule has 0 atom stereocenters. The first-order valence-corrected chi connectivity index (χ1v) is 10.4. The third-order valence-electron chi connectivity index (χ3n) is 5.39. The smallest absolute Gasteiger partial charge is 0.170 e. The fourth-order valence-corrected chi connectivity index (χ4v) is 3.69. The van der Waals surface area contributed by atoms with Gasteiger partial charge < -0.3 is 29.5 Å². The third kappa shape index (κ3) is 4.41. The number of benzene rings is 4. The third-order valence-corrected chi connectivity index (χ3v) is 5.39. The van der Waals surface area contributed by atoms with Crippen LogP contribution < -0.4 is 14.2 Å². The van der Waals surface area contributed by atoms with Crippen molar-refractivity contribution in [2.75, 3.05) is 14.2 Å². The van der Waals surface area contributed by atoms with Crippen molar-refractivity contribution in [1.29, 1.82) is 0 Å². The lowest BCUT2D eigenvalue weighted by atomic mass is 9.96. The van der Waals surface area contributed by atoms with E-state index in [4.69, 9.17) is 14.2 Å². The van der Waals surface area contributed by atoms with Crippen LogP contribution >= 0.6 is 0 Å². The molecule has 0 saturated heterocycles. The second kappa shape index (κ2) is 9.62. The van der Waals surface area contributed by atoms with E-state index in [1.807, 2.05) is 30.3 Å². The van der Waals surface area contributed by atoms with Crippen molar-refractivity contribution >= 4 is 0 Å². The summed E-state index contributed by atoms with van der Waals surface area (Å²) in [4.78, 5) is 0. The molecule has 4 rings (SSSR count). The zero-order valence-corrected chi connectivity index (χ0v) is 18.6. The summed E-state index contributed by atoms with van der Waals surface area (Å²) in [5, 5.41) is 31.1. The molecule has 0 unspecified atom stereocenters. The van der Waals surface area contributed by atoms with Gasteiger partial charge in [-0.25, -0.2) is 4.39 Å². The van der Waals surface area contributed by atoms with Gasteiger partial charge in [-0.3, -0.25) is 0 Å². The van der Waals surface area contributed by atoms with E-state index in [1.54, 1.807) is 18.2 Å². The molecule has 0 bridgehead atoms. The van der Waals surface area contributed by atoms with E-state index >= 15 is 0 Å². The van der Waals surface area contributed by atoms with Crippen LogP contribution in [0.15, 0.2) is 72.8 Å². The van der Waals surface area contributed by atoms with Gasteiger partial charge in [0.2, 0.25) is 0 Å². The van der Waals surface area contributed by atoms with Gasteiger partial charge in [0.25, 0.3) is 0 Å². The highest BCUT2D eigenvalue weighted by atomic mass is 19.1. The van der Waals surface area contributed by atoms with Gasteiger partial charge in [0.1, 0.15) is 12.4 Å². The summed E-state index contributed by atoms with van der Waals surface area (Å²) in [5.41, 5.74) is 2.44. The summed E-state index contributed by atoms with van der Waals surface area (Å²) in [5.74, 6) is -1.00. The maximum absolute atomic E-state index is 14.0. The summed E-state index contributed by atoms with van der Waals surface area (Å²) in [6.45, 7) is 0.286. The Kier molecular flexibility index (Phi) is 6.45. The predicted octanol–water partition coefficient (Wildman–Crippen LogP) is 5.87. The number of methoxy groups -OCH3 is 2. The number of phenolic OH excluding ortho intramolecular Hbond substituents is 3. The number of hydrogen-bond donors (Lipinski definition) is 3. The largest absolute Gasteiger partial charge is 0.505 e. The Morgan fingerprint density at radius 3 is 2.12 bits per heavy atom. The molecule has 174 valence electrons. The maximum Gasteiger partial charge on any atom is 0.170 e. The number of ether oxygens (including phenoxy) is 3. The topological polar surface area (TPSA) is 88.4 Å². The minimum absolute atomic E-state index is 0.0878. The molecule has 34 heavy (non-hydrogen) atoms. The van der Waals surface area contributed by atoms with Crippen molar-refractivity contribution in [1.82, 2.24) is 0 Å². The maximum atomic E-state index is 14.0. The van der Waals surface area contributed by atoms with Crippen LogP contribution in [0.2, 0.25) is 0 Å². The zero-order valence-electron chi connectivity index (χ0n) is 18.6. The van der Waals surface area contributed by atoms with Crippen LogP contribution in [0.5, 0.6) is 34.5 Å². The van der Waals surface area contributed by atoms with E-state index in [2.05, 4.69) is 0 Å². The lowest BCUT2D eigenvalue weighted by Crippen LogP contribution is -1.97. The zero-order chi connectivity index (χ0) is 24.2. The van der Waals surface area contributed by atoms with Crippen molar-refractivity contribution in [3.63, 3.8) is 0 Å². The number of rotatable bonds is 7. The minimum Gasteiger partial charge on any atom is -0.505 e. The average Bonchev–Trinajstić information content (AvgIpc) is 2.85. The van der Waals surface area contributed by atoms with Gasteiger partial charge in [-0.1, -0.05) is 42.5 Å². The van der Waals surface area contributed by atoms with E-state index in [1.165, 1.54) is 32.4 Å². The first-order valence-electron chi connectivity index (χ1n) is 10.4. The average molecular weight is 462 g/mol. The van der Waals surface area contributed by atoms with Crippen LogP contribution in [0.25, 0.3) is 22.3 Å². The fraction of sp³-hybridized carbons (Fsp3) is 0.111. The Labute approximate surface area is 196 Å². The highest BCUT2D eigenvalue weighted by Crippen LogP contribution is 2.50. The van der Waals surface area contributed by atoms with Gasteiger partial charge in [0.15, 0.2) is 34.6 Å². The van der Waals surface area contributed by atoms with E-state index in [0.29, 0.717) is 16.7 Å². The van der Waals surface area contributed by atoms with Crippen LogP contribution in [-0.4, -0.2) is 29.5 Å². The van der Waals surface area contributed by atoms with Crippen LogP contribution in [0.3, 0.4) is 0 Å². The van der Waals surface area contributed by atoms with Crippen molar-refractivity contribution in [2.24, 2.45) is 0 Å². The molecule has 0 aliphatic carbocycles. The molecule has 7 heteroatoms. The van der Waals surface area contributed by atoms with Gasteiger partial charge in [0.05, 0.1) is 19.8 Å². The second-order valence-corrected chi connectivity index (χ2v) is 7.51. The molecule has 0 aromatic heterocycles. The standard InChI is InChI=1S/C27H23FO6/c1-32-24-14-19(17-8-10-21(29)20(28)12-17)27(33-2)26(31)25(24)18-9-11-23(22(30)13-18)34-15-16-6-4-3-5-7-16/h3-14,29-31H,15H2,1-2H3. The van der Waals surface area contributed by atoms with Crippen molar-refractivity contribution in [3.8, 4) is 56.8 Å². The van der Waals surface area contributed by atoms with E-state index < -0.39 is 11.6 Å². The van der Waals surface area contributed by atoms with Crippen LogP contribution in [0, 0.1) is 5.82 Å². The summed E-state index contributed by atoms with van der Waals surface area (Å²) in [7, 11) is 2.81. The van der Waals surface area contributed by atoms with Crippen molar-refractivity contribution in [2.45, 2.75) is 6.61 Å². The summed E-state index contributed by atoms with van der Waals surface area (Å²) in [6, 6.07) is 19.7. The fourth-order valence-electron chi connectivity index (χ4n) is 3.69. The van der Waals surface area contributed by atoms with Gasteiger partial charge >= 0.3 is 0 Å². The normalized spacial score (nSPS) is 10.7. The Bertz CT molecular complexity index is 1320. The van der Waals surface area contributed by atoms with Gasteiger partial charge in [-0.2, -0.15) is 0 Å². The van der Waals surface area contributed by atoms with Crippen LogP contribution in [-0.2, 0) is 6.61 Å². The molecule has 3 N–H and O–H groups in total. The molecule has 0 radical (unpaired) electrons. The van der Waals surface area contributed by atoms with E-state index in [9.17, 15) is 19.7 Å². The number of hydrogen-bond acceptors (Lipinski definition) is 6. The molecule has 0 spiro atoms. The molecule has 0 aliphatic rings. The molecule has 4 aromatic rings. The Balaban J connectivity index is 1.73. The molecule has 0 saturated carbocycles. The number of phenols is 3. The Hall–Kier alpha value is -4.39. The van der Waals surface area contributed by atoms with Crippen LogP contribution in [0.4, 0.5) is 4.39 Å². The number of halogens is 1. The highest BCUT2D eigenvalue weighted by Gasteiger charge is 2.23. The summed E-state index contributed by atoms with van der Waals surface area (Å²) < 4.78 is 30.6. The lowest BCUT2D eigenvalue weighted by Gasteiger charge is -2.18. The lowest BCUT2D eigenvalue weighted by molar-refractivity contribution is 0.289. The van der Waals surface area contributed by atoms with Gasteiger partial charge in [-0.05, 0) is 47.0 Å². The van der Waals surface area contributed by atoms with Crippen molar-refractivity contribution < 1.29 is 33.9 Å². The van der Waals surface area contributed by atoms with Gasteiger partial charge in [-0.15, -0.1) is 0 Å². The summed E-state index contributed by atoms with van der Waals surface area (Å²) >= 11 is 0. The minimum atomic E-state index is -0.807. The highest BCUT2D eigenvalue weighted by molar-refractivity contribution is 5.88. The second-order valence-electron chi connectivity index (χ2n) is 7.51. The molecular weight excluding hydrogens is 439 g/mol. The Morgan fingerprint density at radius 2 is 1.47 bits per heavy atom. The SMILES string of the molecule is COc1cc(-c2ccc(O)c(F)c2)c(OC)c(O)c1-c1ccc(OCc2ccccc2)c(O)c1. The van der Waals surface area contributed by atoms with E-state index in [-0.39, 0.29) is 40.9 Å². The monoisotopic (exact) mass is 462 g/mol. The molecule has 0 fully saturated rings. The quantitative estimate of drug-likeness (QED) is 0.318. The molecule has 0 amide bonds. The van der Waals surface area contributed by atoms with Crippen molar-refractivity contribution in [3.05, 3.63) is 84.2 Å². The summed E-state index contributed by atoms with van der Waals surface area (Å²) in [6.07, 6.45) is 0. The Morgan fingerprint density at radius 1 is 0.735 bits per heavy atom. The molecular formula is C27H23FO6.